The molecule has 0 aliphatic carbocycles. The Kier molecular flexibility index (Phi) is 5.05. The van der Waals surface area contributed by atoms with Crippen LogP contribution in [0.3, 0.4) is 0 Å². The van der Waals surface area contributed by atoms with Gasteiger partial charge in [-0.15, -0.1) is 0 Å². The number of nitrogens with zero attached hydrogens (tertiary/aromatic N) is 1. The molecule has 29 heavy (non-hydrogen) atoms. The minimum atomic E-state index is -1.37. The number of ether oxygens (including phenoxy) is 1. The standard InChI is InChI=1S/C19H19N3O7/c23-15-11(20-18(26)13-6-3-7-28-13)9-29-14(16(15)24)8-22-12-5-2-1-4-10(12)17(25)21-19(22)27/h1-7,11,14-16,23-24H,8-9H2,(H,20,26)(H,21,25,27)/t11-,14-,15+,16-/m1/s1. The molecule has 0 saturated carbocycles. The maximum atomic E-state index is 12.3. The molecule has 1 aliphatic heterocycles. The number of nitrogens with one attached hydrogen (secondary N) is 2. The van der Waals surface area contributed by atoms with Gasteiger partial charge in [0.25, 0.3) is 11.5 Å². The average Bonchev–Trinajstić information content (AvgIpc) is 3.25. The Morgan fingerprint density at radius 3 is 2.72 bits per heavy atom. The van der Waals surface area contributed by atoms with Crippen LogP contribution in [-0.2, 0) is 11.3 Å². The fraction of sp³-hybridized carbons (Fsp3) is 0.316. The van der Waals surface area contributed by atoms with Crippen LogP contribution in [0.5, 0.6) is 0 Å². The molecule has 1 saturated heterocycles. The number of fused-ring (bicyclic) bond motifs is 1. The third kappa shape index (κ3) is 3.60. The van der Waals surface area contributed by atoms with E-state index >= 15 is 0 Å². The van der Waals surface area contributed by atoms with E-state index in [1.807, 2.05) is 0 Å². The number of benzene rings is 1. The van der Waals surface area contributed by atoms with Crippen LogP contribution >= 0.6 is 0 Å². The van der Waals surface area contributed by atoms with Gasteiger partial charge in [-0.05, 0) is 24.3 Å². The smallest absolute Gasteiger partial charge is 0.328 e. The normalized spacial score (nSPS) is 24.5. The Labute approximate surface area is 163 Å². The number of aromatic nitrogens is 2. The molecule has 0 radical (unpaired) electrons. The minimum absolute atomic E-state index is 0.0695. The van der Waals surface area contributed by atoms with Gasteiger partial charge in [0.15, 0.2) is 5.76 Å². The molecule has 0 bridgehead atoms. The third-order valence-corrected chi connectivity index (χ3v) is 4.96. The molecular formula is C19H19N3O7. The Morgan fingerprint density at radius 1 is 1.17 bits per heavy atom. The second-order valence-corrected chi connectivity index (χ2v) is 6.80. The van der Waals surface area contributed by atoms with E-state index in [-0.39, 0.29) is 18.9 Å². The van der Waals surface area contributed by atoms with E-state index in [1.165, 1.54) is 16.9 Å². The summed E-state index contributed by atoms with van der Waals surface area (Å²) in [6.07, 6.45) is -2.27. The number of furan rings is 1. The minimum Gasteiger partial charge on any atom is -0.459 e. The van der Waals surface area contributed by atoms with Crippen molar-refractivity contribution in [3.8, 4) is 0 Å². The van der Waals surface area contributed by atoms with Gasteiger partial charge in [0.1, 0.15) is 18.3 Å². The van der Waals surface area contributed by atoms with Gasteiger partial charge in [-0.1, -0.05) is 12.1 Å². The van der Waals surface area contributed by atoms with Crippen LogP contribution in [0.1, 0.15) is 10.6 Å². The molecule has 10 nitrogen and oxygen atoms in total. The number of rotatable bonds is 4. The first-order chi connectivity index (χ1) is 14.0. The zero-order chi connectivity index (χ0) is 20.5. The maximum absolute atomic E-state index is 12.3. The number of amides is 1. The van der Waals surface area contributed by atoms with Crippen LogP contribution in [-0.4, -0.2) is 56.6 Å². The number of hydrogen-bond acceptors (Lipinski definition) is 7. The highest BCUT2D eigenvalue weighted by molar-refractivity contribution is 5.91. The number of aliphatic hydroxyl groups is 2. The predicted molar refractivity (Wildman–Crippen MR) is 101 cm³/mol. The molecule has 10 heteroatoms. The van der Waals surface area contributed by atoms with Gasteiger partial charge in [0.05, 0.1) is 36.4 Å². The van der Waals surface area contributed by atoms with Crippen molar-refractivity contribution in [3.05, 3.63) is 69.3 Å². The van der Waals surface area contributed by atoms with Gasteiger partial charge in [0, 0.05) is 0 Å². The summed E-state index contributed by atoms with van der Waals surface area (Å²) in [4.78, 5) is 38.6. The Bertz CT molecular complexity index is 1130. The van der Waals surface area contributed by atoms with Gasteiger partial charge < -0.3 is 24.7 Å². The van der Waals surface area contributed by atoms with Crippen molar-refractivity contribution in [3.63, 3.8) is 0 Å². The maximum Gasteiger partial charge on any atom is 0.328 e. The van der Waals surface area contributed by atoms with E-state index in [0.717, 1.165) is 0 Å². The highest BCUT2D eigenvalue weighted by atomic mass is 16.5. The first kappa shape index (κ1) is 19.1. The van der Waals surface area contributed by atoms with Crippen LogP contribution in [0.2, 0.25) is 0 Å². The molecule has 1 aromatic carbocycles. The van der Waals surface area contributed by atoms with Gasteiger partial charge in [-0.2, -0.15) is 0 Å². The molecule has 0 spiro atoms. The lowest BCUT2D eigenvalue weighted by molar-refractivity contribution is -0.152. The fourth-order valence-corrected chi connectivity index (χ4v) is 3.42. The van der Waals surface area contributed by atoms with Crippen molar-refractivity contribution in [2.45, 2.75) is 30.9 Å². The monoisotopic (exact) mass is 401 g/mol. The molecule has 1 aliphatic rings. The van der Waals surface area contributed by atoms with Crippen LogP contribution < -0.4 is 16.6 Å². The molecule has 4 rings (SSSR count). The highest BCUT2D eigenvalue weighted by Crippen LogP contribution is 2.19. The number of hydrogen-bond donors (Lipinski definition) is 4. The first-order valence-electron chi connectivity index (χ1n) is 8.99. The van der Waals surface area contributed by atoms with E-state index in [4.69, 9.17) is 9.15 Å². The molecular weight excluding hydrogens is 382 g/mol. The molecule has 4 atom stereocenters. The van der Waals surface area contributed by atoms with Crippen molar-refractivity contribution >= 4 is 16.8 Å². The second-order valence-electron chi connectivity index (χ2n) is 6.80. The molecule has 2 aromatic heterocycles. The molecule has 0 unspecified atom stereocenters. The zero-order valence-corrected chi connectivity index (χ0v) is 15.1. The molecule has 3 aromatic rings. The number of carbonyl (C=O) groups is 1. The third-order valence-electron chi connectivity index (χ3n) is 4.96. The summed E-state index contributed by atoms with van der Waals surface area (Å²) >= 11 is 0. The largest absolute Gasteiger partial charge is 0.459 e. The van der Waals surface area contributed by atoms with Gasteiger partial charge in [-0.3, -0.25) is 19.1 Å². The molecule has 152 valence electrons. The number of para-hydroxylation sites is 1. The molecule has 1 fully saturated rings. The lowest BCUT2D eigenvalue weighted by atomic mass is 9.97. The second kappa shape index (κ2) is 7.66. The number of carbonyl (C=O) groups excluding carboxylic acids is 1. The first-order valence-corrected chi connectivity index (χ1v) is 8.99. The predicted octanol–water partition coefficient (Wildman–Crippen LogP) is -0.798. The van der Waals surface area contributed by atoms with Gasteiger partial charge in [-0.25, -0.2) is 4.79 Å². The summed E-state index contributed by atoms with van der Waals surface area (Å²) in [5, 5.41) is 23.8. The van der Waals surface area contributed by atoms with E-state index in [2.05, 4.69) is 10.3 Å². The van der Waals surface area contributed by atoms with Crippen molar-refractivity contribution in [2.24, 2.45) is 0 Å². The quantitative estimate of drug-likeness (QED) is 0.448. The fourth-order valence-electron chi connectivity index (χ4n) is 3.42. The van der Waals surface area contributed by atoms with Crippen LogP contribution in [0, 0.1) is 0 Å². The van der Waals surface area contributed by atoms with E-state index in [1.54, 1.807) is 30.3 Å². The zero-order valence-electron chi connectivity index (χ0n) is 15.1. The van der Waals surface area contributed by atoms with Crippen molar-refractivity contribution < 1.29 is 24.2 Å². The summed E-state index contributed by atoms with van der Waals surface area (Å²) in [6, 6.07) is 8.72. The summed E-state index contributed by atoms with van der Waals surface area (Å²) in [6.45, 7) is -0.168. The van der Waals surface area contributed by atoms with Crippen molar-refractivity contribution in [2.75, 3.05) is 6.61 Å². The van der Waals surface area contributed by atoms with Gasteiger partial charge >= 0.3 is 5.69 Å². The average molecular weight is 401 g/mol. The number of aromatic amines is 1. The van der Waals surface area contributed by atoms with Crippen molar-refractivity contribution in [1.82, 2.24) is 14.9 Å². The van der Waals surface area contributed by atoms with E-state index in [9.17, 15) is 24.6 Å². The van der Waals surface area contributed by atoms with E-state index in [0.29, 0.717) is 10.9 Å². The summed E-state index contributed by atoms with van der Waals surface area (Å²) in [5.41, 5.74) is -0.764. The molecule has 3 heterocycles. The summed E-state index contributed by atoms with van der Waals surface area (Å²) in [7, 11) is 0. The topological polar surface area (TPSA) is 147 Å². The highest BCUT2D eigenvalue weighted by Gasteiger charge is 2.39. The Balaban J connectivity index is 1.52. The Morgan fingerprint density at radius 2 is 1.97 bits per heavy atom. The Hall–Kier alpha value is -3.21. The molecule has 4 N–H and O–H groups in total. The van der Waals surface area contributed by atoms with E-state index < -0.39 is 41.5 Å². The summed E-state index contributed by atoms with van der Waals surface area (Å²) < 4.78 is 11.9. The van der Waals surface area contributed by atoms with Crippen molar-refractivity contribution in [1.29, 1.82) is 0 Å². The van der Waals surface area contributed by atoms with Gasteiger partial charge in [0.2, 0.25) is 0 Å². The lowest BCUT2D eigenvalue weighted by Gasteiger charge is -2.38. The number of H-pyrrole nitrogens is 1. The SMILES string of the molecule is O=C(N[C@@H]1CO[C@H](Cn2c(=O)[nH]c(=O)c3ccccc32)[C@@H](O)[C@H]1O)c1ccco1. The summed E-state index contributed by atoms with van der Waals surface area (Å²) in [5.74, 6) is -0.476. The number of aliphatic hydroxyl groups excluding tert-OH is 2. The van der Waals surface area contributed by atoms with Crippen LogP contribution in [0.25, 0.3) is 10.9 Å². The lowest BCUT2D eigenvalue weighted by Crippen LogP contribution is -2.60. The van der Waals surface area contributed by atoms with Crippen LogP contribution in [0.4, 0.5) is 0 Å². The van der Waals surface area contributed by atoms with Crippen LogP contribution in [0.15, 0.2) is 56.7 Å². The molecule has 1 amide bonds.